The summed E-state index contributed by atoms with van der Waals surface area (Å²) < 4.78 is 1.92. The molecule has 0 aromatic carbocycles. The first-order valence-corrected chi connectivity index (χ1v) is 9.09. The predicted molar refractivity (Wildman–Crippen MR) is 88.7 cm³/mol. The molecule has 1 aliphatic heterocycles. The Bertz CT molecular complexity index is 418. The van der Waals surface area contributed by atoms with Crippen LogP contribution in [0.3, 0.4) is 0 Å². The first-order valence-electron chi connectivity index (χ1n) is 9.09. The summed E-state index contributed by atoms with van der Waals surface area (Å²) >= 11 is 0. The number of nitrogens with one attached hydrogen (secondary N) is 1. The Kier molecular flexibility index (Phi) is 5.47. The normalized spacial score (nSPS) is 24.2. The number of hydrogen-bond acceptors (Lipinski definition) is 4. The summed E-state index contributed by atoms with van der Waals surface area (Å²) in [5.74, 6) is 0. The van der Waals surface area contributed by atoms with Gasteiger partial charge >= 0.3 is 0 Å². The van der Waals surface area contributed by atoms with Crippen LogP contribution in [0.4, 0.5) is 0 Å². The van der Waals surface area contributed by atoms with E-state index in [-0.39, 0.29) is 0 Å². The van der Waals surface area contributed by atoms with Gasteiger partial charge in [0.15, 0.2) is 0 Å². The molecule has 0 bridgehead atoms. The van der Waals surface area contributed by atoms with Crippen LogP contribution in [0, 0.1) is 0 Å². The first-order chi connectivity index (χ1) is 10.8. The molecule has 2 heterocycles. The molecule has 22 heavy (non-hydrogen) atoms. The second-order valence-corrected chi connectivity index (χ2v) is 7.23. The SMILES string of the molecule is CC(Cn1cncn1)NCC1(N2CCCCC2)CCCCC1. The van der Waals surface area contributed by atoms with E-state index in [1.807, 2.05) is 4.68 Å². The van der Waals surface area contributed by atoms with Crippen LogP contribution in [0.5, 0.6) is 0 Å². The zero-order chi connectivity index (χ0) is 15.3. The lowest BCUT2D eigenvalue weighted by Crippen LogP contribution is -2.58. The minimum Gasteiger partial charge on any atom is -0.311 e. The highest BCUT2D eigenvalue weighted by molar-refractivity contribution is 4.96. The summed E-state index contributed by atoms with van der Waals surface area (Å²) in [5, 5.41) is 8.01. The van der Waals surface area contributed by atoms with E-state index in [0.717, 1.165) is 13.1 Å². The quantitative estimate of drug-likeness (QED) is 0.877. The number of aromatic nitrogens is 3. The van der Waals surface area contributed by atoms with Crippen molar-refractivity contribution < 1.29 is 0 Å². The molecule has 1 N–H and O–H groups in total. The fourth-order valence-corrected chi connectivity index (χ4v) is 4.22. The van der Waals surface area contributed by atoms with Gasteiger partial charge in [-0.25, -0.2) is 4.98 Å². The Balaban J connectivity index is 1.57. The maximum absolute atomic E-state index is 4.21. The fraction of sp³-hybridized carbons (Fsp3) is 0.882. The van der Waals surface area contributed by atoms with Gasteiger partial charge in [0.1, 0.15) is 12.7 Å². The molecular formula is C17H31N5. The van der Waals surface area contributed by atoms with Gasteiger partial charge in [-0.2, -0.15) is 5.10 Å². The maximum Gasteiger partial charge on any atom is 0.137 e. The molecule has 0 amide bonds. The van der Waals surface area contributed by atoms with Gasteiger partial charge in [0, 0.05) is 18.1 Å². The van der Waals surface area contributed by atoms with Crippen LogP contribution in [0.25, 0.3) is 0 Å². The second kappa shape index (κ2) is 7.55. The van der Waals surface area contributed by atoms with E-state index in [2.05, 4.69) is 27.2 Å². The molecule has 3 rings (SSSR count). The molecule has 1 saturated heterocycles. The molecule has 5 heteroatoms. The topological polar surface area (TPSA) is 46.0 Å². The molecule has 1 aromatic heterocycles. The summed E-state index contributed by atoms with van der Waals surface area (Å²) in [6, 6.07) is 0.435. The van der Waals surface area contributed by atoms with E-state index in [1.165, 1.54) is 64.5 Å². The van der Waals surface area contributed by atoms with Crippen molar-refractivity contribution in [3.63, 3.8) is 0 Å². The van der Waals surface area contributed by atoms with Crippen LogP contribution < -0.4 is 5.32 Å². The molecule has 1 aliphatic carbocycles. The van der Waals surface area contributed by atoms with E-state index in [4.69, 9.17) is 0 Å². The third-order valence-electron chi connectivity index (χ3n) is 5.52. The molecule has 2 aliphatic rings. The van der Waals surface area contributed by atoms with Gasteiger partial charge in [-0.15, -0.1) is 0 Å². The summed E-state index contributed by atoms with van der Waals surface area (Å²) in [5.41, 5.74) is 0.412. The number of nitrogens with zero attached hydrogens (tertiary/aromatic N) is 4. The Labute approximate surface area is 134 Å². The van der Waals surface area contributed by atoms with Crippen molar-refractivity contribution in [3.8, 4) is 0 Å². The number of hydrogen-bond donors (Lipinski definition) is 1. The van der Waals surface area contributed by atoms with Gasteiger partial charge in [0.2, 0.25) is 0 Å². The van der Waals surface area contributed by atoms with Crippen LogP contribution in [-0.2, 0) is 6.54 Å². The van der Waals surface area contributed by atoms with Crippen LogP contribution in [0.15, 0.2) is 12.7 Å². The van der Waals surface area contributed by atoms with Crippen molar-refractivity contribution >= 4 is 0 Å². The molecule has 0 spiro atoms. The molecule has 5 nitrogen and oxygen atoms in total. The second-order valence-electron chi connectivity index (χ2n) is 7.23. The first kappa shape index (κ1) is 15.9. The van der Waals surface area contributed by atoms with E-state index in [9.17, 15) is 0 Å². The molecule has 1 unspecified atom stereocenters. The van der Waals surface area contributed by atoms with E-state index in [0.29, 0.717) is 11.6 Å². The Morgan fingerprint density at radius 1 is 1.09 bits per heavy atom. The molecule has 0 radical (unpaired) electrons. The summed E-state index contributed by atoms with van der Waals surface area (Å²) in [6.07, 6.45) is 14.6. The van der Waals surface area contributed by atoms with Crippen LogP contribution in [0.1, 0.15) is 58.3 Å². The van der Waals surface area contributed by atoms with Crippen molar-refractivity contribution in [3.05, 3.63) is 12.7 Å². The number of likely N-dealkylation sites (tertiary alicyclic amines) is 1. The number of piperidine rings is 1. The third-order valence-corrected chi connectivity index (χ3v) is 5.52. The van der Waals surface area contributed by atoms with E-state index >= 15 is 0 Å². The standard InChI is InChI=1S/C17H31N5/c1-16(12-22-15-18-14-20-22)19-13-17(8-4-2-5-9-17)21-10-6-3-7-11-21/h14-16,19H,2-13H2,1H3. The number of rotatable bonds is 6. The average Bonchev–Trinajstić information content (AvgIpc) is 3.08. The summed E-state index contributed by atoms with van der Waals surface area (Å²) in [6.45, 7) is 6.89. The molecule has 124 valence electrons. The minimum absolute atomic E-state index is 0.412. The smallest absolute Gasteiger partial charge is 0.137 e. The van der Waals surface area contributed by atoms with Crippen LogP contribution >= 0.6 is 0 Å². The average molecular weight is 305 g/mol. The van der Waals surface area contributed by atoms with Crippen molar-refractivity contribution in [2.75, 3.05) is 19.6 Å². The van der Waals surface area contributed by atoms with Gasteiger partial charge in [-0.1, -0.05) is 25.7 Å². The van der Waals surface area contributed by atoms with Gasteiger partial charge in [-0.05, 0) is 45.7 Å². The zero-order valence-corrected chi connectivity index (χ0v) is 14.0. The van der Waals surface area contributed by atoms with Crippen LogP contribution in [0.2, 0.25) is 0 Å². The van der Waals surface area contributed by atoms with E-state index in [1.54, 1.807) is 12.7 Å². The minimum atomic E-state index is 0.412. The van der Waals surface area contributed by atoms with Crippen molar-refractivity contribution in [1.29, 1.82) is 0 Å². The molecular weight excluding hydrogens is 274 g/mol. The maximum atomic E-state index is 4.21. The van der Waals surface area contributed by atoms with Crippen molar-refractivity contribution in [2.45, 2.75) is 76.4 Å². The van der Waals surface area contributed by atoms with E-state index < -0.39 is 0 Å². The van der Waals surface area contributed by atoms with Gasteiger partial charge in [-0.3, -0.25) is 9.58 Å². The monoisotopic (exact) mass is 305 g/mol. The molecule has 1 saturated carbocycles. The lowest BCUT2D eigenvalue weighted by Gasteiger charge is -2.49. The van der Waals surface area contributed by atoms with Gasteiger partial charge < -0.3 is 5.32 Å². The Morgan fingerprint density at radius 2 is 1.82 bits per heavy atom. The zero-order valence-electron chi connectivity index (χ0n) is 14.0. The van der Waals surface area contributed by atoms with Crippen molar-refractivity contribution in [1.82, 2.24) is 25.0 Å². The highest BCUT2D eigenvalue weighted by atomic mass is 15.3. The highest BCUT2D eigenvalue weighted by Crippen LogP contribution is 2.35. The summed E-state index contributed by atoms with van der Waals surface area (Å²) in [7, 11) is 0. The van der Waals surface area contributed by atoms with Crippen molar-refractivity contribution in [2.24, 2.45) is 0 Å². The van der Waals surface area contributed by atoms with Gasteiger partial charge in [0.05, 0.1) is 6.54 Å². The third kappa shape index (κ3) is 3.87. The van der Waals surface area contributed by atoms with Gasteiger partial charge in [0.25, 0.3) is 0 Å². The fourth-order valence-electron chi connectivity index (χ4n) is 4.22. The predicted octanol–water partition coefficient (Wildman–Crippen LogP) is 2.44. The lowest BCUT2D eigenvalue weighted by atomic mass is 9.79. The Hall–Kier alpha value is -0.940. The molecule has 1 atom stereocenters. The largest absolute Gasteiger partial charge is 0.311 e. The molecule has 1 aromatic rings. The Morgan fingerprint density at radius 3 is 2.50 bits per heavy atom. The molecule has 2 fully saturated rings. The van der Waals surface area contributed by atoms with Crippen LogP contribution in [-0.4, -0.2) is 50.9 Å². The lowest BCUT2D eigenvalue weighted by molar-refractivity contribution is 0.0313. The highest BCUT2D eigenvalue weighted by Gasteiger charge is 2.38. The summed E-state index contributed by atoms with van der Waals surface area (Å²) in [4.78, 5) is 6.84.